The summed E-state index contributed by atoms with van der Waals surface area (Å²) in [5.41, 5.74) is 1.07. The van der Waals surface area contributed by atoms with Gasteiger partial charge in [0.2, 0.25) is 0 Å². The first kappa shape index (κ1) is 9.49. The molecule has 1 unspecified atom stereocenters. The number of hydrogen-bond acceptors (Lipinski definition) is 1. The topological polar surface area (TPSA) is 12.0 Å². The maximum atomic E-state index is 12.7. The third-order valence-corrected chi connectivity index (χ3v) is 2.07. The number of nitrogens with one attached hydrogen (secondary N) is 1. The molecule has 0 amide bonds. The molecule has 1 aromatic rings. The fourth-order valence-electron chi connectivity index (χ4n) is 1.30. The lowest BCUT2D eigenvalue weighted by Crippen LogP contribution is -2.34. The van der Waals surface area contributed by atoms with Gasteiger partial charge in [-0.2, -0.15) is 0 Å². The lowest BCUT2D eigenvalue weighted by atomic mass is 9.98. The van der Waals surface area contributed by atoms with E-state index in [-0.39, 0.29) is 18.2 Å². The van der Waals surface area contributed by atoms with Gasteiger partial charge in [-0.15, -0.1) is 12.4 Å². The Morgan fingerprint density at radius 1 is 1.42 bits per heavy atom. The van der Waals surface area contributed by atoms with E-state index in [1.165, 1.54) is 6.07 Å². The summed E-state index contributed by atoms with van der Waals surface area (Å²) >= 11 is 0. The molecule has 0 spiro atoms. The van der Waals surface area contributed by atoms with Gasteiger partial charge in [0, 0.05) is 6.04 Å². The Bertz CT molecular complexity index is 260. The molecule has 0 aromatic heterocycles. The van der Waals surface area contributed by atoms with E-state index in [0.29, 0.717) is 6.04 Å². The molecule has 1 aromatic carbocycles. The summed E-state index contributed by atoms with van der Waals surface area (Å²) in [4.78, 5) is 0. The highest BCUT2D eigenvalue weighted by Gasteiger charge is 2.17. The van der Waals surface area contributed by atoms with Gasteiger partial charge in [0.15, 0.2) is 0 Å². The highest BCUT2D eigenvalue weighted by Crippen LogP contribution is 2.22. The minimum atomic E-state index is -0.142. The first-order valence-electron chi connectivity index (χ1n) is 3.85. The molecule has 1 aliphatic rings. The van der Waals surface area contributed by atoms with Crippen molar-refractivity contribution in [1.82, 2.24) is 5.32 Å². The Labute approximate surface area is 77.4 Å². The van der Waals surface area contributed by atoms with Crippen LogP contribution < -0.4 is 5.32 Å². The van der Waals surface area contributed by atoms with Crippen molar-refractivity contribution in [1.29, 1.82) is 0 Å². The first-order chi connectivity index (χ1) is 5.36. The third-order valence-electron chi connectivity index (χ3n) is 2.07. The monoisotopic (exact) mass is 187 g/mol. The molecule has 0 saturated carbocycles. The first-order valence-corrected chi connectivity index (χ1v) is 3.85. The second-order valence-corrected chi connectivity index (χ2v) is 2.85. The van der Waals surface area contributed by atoms with Gasteiger partial charge in [0.1, 0.15) is 5.82 Å². The zero-order valence-electron chi connectivity index (χ0n) is 6.59. The Morgan fingerprint density at radius 2 is 2.17 bits per heavy atom. The van der Waals surface area contributed by atoms with Crippen molar-refractivity contribution in [3.63, 3.8) is 0 Å². The van der Waals surface area contributed by atoms with Gasteiger partial charge in [0.05, 0.1) is 0 Å². The van der Waals surface area contributed by atoms with Gasteiger partial charge in [-0.25, -0.2) is 4.39 Å². The van der Waals surface area contributed by atoms with Crippen molar-refractivity contribution in [2.75, 3.05) is 6.54 Å². The van der Waals surface area contributed by atoms with Crippen molar-refractivity contribution < 1.29 is 4.39 Å². The molecule has 12 heavy (non-hydrogen) atoms. The molecular weight excluding hydrogens is 177 g/mol. The van der Waals surface area contributed by atoms with Crippen LogP contribution in [0, 0.1) is 5.82 Å². The zero-order chi connectivity index (χ0) is 7.68. The van der Waals surface area contributed by atoms with Crippen molar-refractivity contribution in [2.24, 2.45) is 0 Å². The van der Waals surface area contributed by atoms with Crippen LogP contribution >= 0.6 is 12.4 Å². The van der Waals surface area contributed by atoms with Gasteiger partial charge in [-0.1, -0.05) is 12.1 Å². The van der Waals surface area contributed by atoms with Crippen molar-refractivity contribution in [3.8, 4) is 0 Å². The maximum absolute atomic E-state index is 12.7. The predicted molar refractivity (Wildman–Crippen MR) is 49.0 cm³/mol. The second-order valence-electron chi connectivity index (χ2n) is 2.85. The van der Waals surface area contributed by atoms with Crippen molar-refractivity contribution in [3.05, 3.63) is 35.6 Å². The van der Waals surface area contributed by atoms with Crippen LogP contribution in [0.4, 0.5) is 4.39 Å². The van der Waals surface area contributed by atoms with E-state index in [4.69, 9.17) is 0 Å². The van der Waals surface area contributed by atoms with Crippen molar-refractivity contribution in [2.45, 2.75) is 12.5 Å². The largest absolute Gasteiger partial charge is 0.310 e. The van der Waals surface area contributed by atoms with E-state index in [1.54, 1.807) is 12.1 Å². The highest BCUT2D eigenvalue weighted by atomic mass is 35.5. The van der Waals surface area contributed by atoms with Crippen LogP contribution in [-0.2, 0) is 0 Å². The van der Waals surface area contributed by atoms with Crippen LogP contribution in [0.3, 0.4) is 0 Å². The average Bonchev–Trinajstić information content (AvgIpc) is 1.83. The second kappa shape index (κ2) is 3.87. The highest BCUT2D eigenvalue weighted by molar-refractivity contribution is 5.85. The summed E-state index contributed by atoms with van der Waals surface area (Å²) < 4.78 is 12.7. The molecule has 0 bridgehead atoms. The van der Waals surface area contributed by atoms with Crippen LogP contribution in [0.25, 0.3) is 0 Å². The van der Waals surface area contributed by atoms with E-state index < -0.39 is 0 Å². The molecule has 1 saturated heterocycles. The number of rotatable bonds is 1. The van der Waals surface area contributed by atoms with E-state index in [9.17, 15) is 4.39 Å². The summed E-state index contributed by atoms with van der Waals surface area (Å²) in [6.45, 7) is 1.06. The molecule has 1 nitrogen and oxygen atoms in total. The van der Waals surface area contributed by atoms with Crippen LogP contribution in [-0.4, -0.2) is 6.54 Å². The van der Waals surface area contributed by atoms with Crippen LogP contribution in [0.1, 0.15) is 18.0 Å². The molecule has 1 heterocycles. The minimum Gasteiger partial charge on any atom is -0.310 e. The molecule has 2 rings (SSSR count). The average molecular weight is 188 g/mol. The molecule has 1 atom stereocenters. The van der Waals surface area contributed by atoms with Gasteiger partial charge in [-0.3, -0.25) is 0 Å². The molecule has 0 radical (unpaired) electrons. The number of benzene rings is 1. The molecule has 3 heteroatoms. The molecule has 66 valence electrons. The Kier molecular flexibility index (Phi) is 3.06. The van der Waals surface area contributed by atoms with E-state index in [1.807, 2.05) is 6.07 Å². The van der Waals surface area contributed by atoms with Crippen LogP contribution in [0.2, 0.25) is 0 Å². The van der Waals surface area contributed by atoms with E-state index in [0.717, 1.165) is 18.5 Å². The summed E-state index contributed by atoms with van der Waals surface area (Å²) in [5, 5.41) is 3.22. The van der Waals surface area contributed by atoms with Crippen molar-refractivity contribution >= 4 is 12.4 Å². The maximum Gasteiger partial charge on any atom is 0.123 e. The fraction of sp³-hybridized carbons (Fsp3) is 0.333. The smallest absolute Gasteiger partial charge is 0.123 e. The number of halogens is 2. The summed E-state index contributed by atoms with van der Waals surface area (Å²) in [6, 6.07) is 7.18. The van der Waals surface area contributed by atoms with Gasteiger partial charge >= 0.3 is 0 Å². The zero-order valence-corrected chi connectivity index (χ0v) is 7.40. The lowest BCUT2D eigenvalue weighted by Gasteiger charge is -2.27. The van der Waals surface area contributed by atoms with E-state index in [2.05, 4.69) is 5.32 Å². The molecule has 1 N–H and O–H groups in total. The normalized spacial score (nSPS) is 20.9. The fourth-order valence-corrected chi connectivity index (χ4v) is 1.30. The van der Waals surface area contributed by atoms with Crippen LogP contribution in [0.5, 0.6) is 0 Å². The summed E-state index contributed by atoms with van der Waals surface area (Å²) in [7, 11) is 0. The third kappa shape index (κ3) is 1.76. The molecular formula is C9H11ClFN. The molecule has 0 aliphatic carbocycles. The van der Waals surface area contributed by atoms with Gasteiger partial charge < -0.3 is 5.32 Å². The Balaban J connectivity index is 0.000000720. The molecule has 1 aliphatic heterocycles. The summed E-state index contributed by atoms with van der Waals surface area (Å²) in [5.74, 6) is -0.142. The van der Waals surface area contributed by atoms with Gasteiger partial charge in [-0.05, 0) is 30.7 Å². The van der Waals surface area contributed by atoms with Crippen LogP contribution in [0.15, 0.2) is 24.3 Å². The SMILES string of the molecule is Cl.Fc1cccc(C2CCN2)c1. The van der Waals surface area contributed by atoms with E-state index >= 15 is 0 Å². The predicted octanol–water partition coefficient (Wildman–Crippen LogP) is 2.28. The molecule has 1 fully saturated rings. The quantitative estimate of drug-likeness (QED) is 0.712. The number of hydrogen-bond donors (Lipinski definition) is 1. The standard InChI is InChI=1S/C9H10FN.ClH/c10-8-3-1-2-7(6-8)9-4-5-11-9;/h1-3,6,9,11H,4-5H2;1H. The Morgan fingerprint density at radius 3 is 2.67 bits per heavy atom. The Hall–Kier alpha value is -0.600. The lowest BCUT2D eigenvalue weighted by molar-refractivity contribution is 0.382. The van der Waals surface area contributed by atoms with Gasteiger partial charge in [0.25, 0.3) is 0 Å². The minimum absolute atomic E-state index is 0. The summed E-state index contributed by atoms with van der Waals surface area (Å²) in [6.07, 6.45) is 1.13.